The van der Waals surface area contributed by atoms with Crippen LogP contribution in [0.3, 0.4) is 0 Å². The lowest BCUT2D eigenvalue weighted by Crippen LogP contribution is -2.36. The van der Waals surface area contributed by atoms with Gasteiger partial charge in [-0.05, 0) is 19.3 Å². The van der Waals surface area contributed by atoms with Crippen molar-refractivity contribution in [1.82, 2.24) is 10.6 Å². The van der Waals surface area contributed by atoms with Crippen LogP contribution >= 0.6 is 27.7 Å². The Morgan fingerprint density at radius 3 is 2.70 bits per heavy atom. The van der Waals surface area contributed by atoms with Crippen LogP contribution < -0.4 is 10.6 Å². The summed E-state index contributed by atoms with van der Waals surface area (Å²) < 4.78 is 0. The van der Waals surface area contributed by atoms with Crippen molar-refractivity contribution in [2.75, 3.05) is 17.6 Å². The highest BCUT2D eigenvalue weighted by Gasteiger charge is 2.42. The molecule has 23 heavy (non-hydrogen) atoms. The Morgan fingerprint density at radius 1 is 1.26 bits per heavy atom. The Labute approximate surface area is 150 Å². The topological polar surface area (TPSA) is 102 Å². The van der Waals surface area contributed by atoms with E-state index < -0.39 is 5.97 Å². The third kappa shape index (κ3) is 8.26. The molecule has 2 saturated heterocycles. The summed E-state index contributed by atoms with van der Waals surface area (Å²) in [5, 5.41) is 15.9. The number of carboxylic acids is 1. The molecule has 2 rings (SSSR count). The number of urea groups is 1. The highest BCUT2D eigenvalue weighted by atomic mass is 79.9. The van der Waals surface area contributed by atoms with Crippen LogP contribution in [0.2, 0.25) is 0 Å². The molecule has 2 amide bonds. The van der Waals surface area contributed by atoms with Crippen molar-refractivity contribution in [2.45, 2.75) is 62.3 Å². The van der Waals surface area contributed by atoms with Gasteiger partial charge in [0, 0.05) is 22.8 Å². The van der Waals surface area contributed by atoms with E-state index in [9.17, 15) is 9.59 Å². The molecule has 2 aliphatic rings. The van der Waals surface area contributed by atoms with Gasteiger partial charge in [0.1, 0.15) is 0 Å². The Morgan fingerprint density at radius 2 is 2.04 bits per heavy atom. The molecule has 8 heteroatoms. The fourth-order valence-corrected chi connectivity index (χ4v) is 4.60. The molecule has 2 heterocycles. The van der Waals surface area contributed by atoms with Crippen molar-refractivity contribution in [3.8, 4) is 0 Å². The molecule has 3 atom stereocenters. The van der Waals surface area contributed by atoms with E-state index in [1.807, 2.05) is 11.8 Å². The average molecular weight is 409 g/mol. The Balaban J connectivity index is 0.000000322. The molecule has 134 valence electrons. The highest BCUT2D eigenvalue weighted by Crippen LogP contribution is 2.33. The van der Waals surface area contributed by atoms with E-state index in [2.05, 4.69) is 26.6 Å². The van der Waals surface area contributed by atoms with E-state index in [0.29, 0.717) is 11.8 Å². The summed E-state index contributed by atoms with van der Waals surface area (Å²) in [4.78, 5) is 21.5. The molecular weight excluding hydrogens is 382 g/mol. The molecule has 0 aromatic carbocycles. The fraction of sp³-hybridized carbons (Fsp3) is 0.867. The van der Waals surface area contributed by atoms with E-state index in [1.54, 1.807) is 0 Å². The molecular formula is C15H27BrN3O3S-. The molecule has 0 aliphatic carbocycles. The van der Waals surface area contributed by atoms with Crippen molar-refractivity contribution in [3.63, 3.8) is 0 Å². The predicted octanol–water partition coefficient (Wildman–Crippen LogP) is 3.40. The number of aliphatic carboxylic acids is 1. The first kappa shape index (κ1) is 20.6. The number of carboxylic acid groups (broad SMARTS) is 1. The van der Waals surface area contributed by atoms with Crippen molar-refractivity contribution in [3.05, 3.63) is 5.73 Å². The molecule has 2 fully saturated rings. The minimum atomic E-state index is -0.729. The smallest absolute Gasteiger partial charge is 0.315 e. The lowest BCUT2D eigenvalue weighted by atomic mass is 10.0. The maximum absolute atomic E-state index is 11.1. The first-order valence-corrected chi connectivity index (χ1v) is 10.4. The van der Waals surface area contributed by atoms with Crippen molar-refractivity contribution in [1.29, 1.82) is 0 Å². The first-order chi connectivity index (χ1) is 11.1. The maximum Gasteiger partial charge on any atom is 0.315 e. The lowest BCUT2D eigenvalue weighted by molar-refractivity contribution is -0.137. The van der Waals surface area contributed by atoms with Crippen LogP contribution in [-0.4, -0.2) is 52.1 Å². The van der Waals surface area contributed by atoms with Gasteiger partial charge in [-0.3, -0.25) is 4.79 Å². The number of carbonyl (C=O) groups is 2. The van der Waals surface area contributed by atoms with E-state index in [0.717, 1.165) is 36.8 Å². The average Bonchev–Trinajstić information content (AvgIpc) is 3.04. The summed E-state index contributed by atoms with van der Waals surface area (Å²) in [5.74, 6) is 0.236. The molecule has 2 aliphatic heterocycles. The summed E-state index contributed by atoms with van der Waals surface area (Å²) >= 11 is 5.19. The van der Waals surface area contributed by atoms with Gasteiger partial charge in [0.2, 0.25) is 0 Å². The molecule has 0 spiro atoms. The lowest BCUT2D eigenvalue weighted by Gasteiger charge is -2.16. The molecule has 0 saturated carbocycles. The van der Waals surface area contributed by atoms with E-state index in [1.165, 1.54) is 12.8 Å². The van der Waals surface area contributed by atoms with Crippen molar-refractivity contribution >= 4 is 39.7 Å². The summed E-state index contributed by atoms with van der Waals surface area (Å²) in [6, 6.07) is 0.440. The van der Waals surface area contributed by atoms with Crippen molar-refractivity contribution < 1.29 is 14.7 Å². The van der Waals surface area contributed by atoms with E-state index in [-0.39, 0.29) is 24.5 Å². The third-order valence-electron chi connectivity index (χ3n) is 3.88. The van der Waals surface area contributed by atoms with Crippen LogP contribution in [0.4, 0.5) is 4.79 Å². The number of nitrogens with one attached hydrogen (secondary N) is 3. The molecule has 0 radical (unpaired) electrons. The summed E-state index contributed by atoms with van der Waals surface area (Å²) in [7, 11) is 0. The van der Waals surface area contributed by atoms with Crippen LogP contribution in [-0.2, 0) is 4.79 Å². The number of hydrogen-bond donors (Lipinski definition) is 3. The number of alkyl halides is 1. The van der Waals surface area contributed by atoms with Crippen LogP contribution in [0.5, 0.6) is 0 Å². The normalized spacial score (nSPS) is 25.1. The van der Waals surface area contributed by atoms with Gasteiger partial charge in [-0.15, -0.1) is 0 Å². The van der Waals surface area contributed by atoms with Gasteiger partial charge in [0.25, 0.3) is 0 Å². The number of carbonyl (C=O) groups excluding carboxylic acids is 1. The van der Waals surface area contributed by atoms with Crippen LogP contribution in [0, 0.1) is 0 Å². The fourth-order valence-electron chi connectivity index (χ4n) is 2.66. The van der Waals surface area contributed by atoms with E-state index in [4.69, 9.17) is 10.8 Å². The van der Waals surface area contributed by atoms with Gasteiger partial charge >= 0.3 is 12.0 Å². The maximum atomic E-state index is 11.1. The number of halogens is 1. The number of fused-ring (bicyclic) bond motifs is 1. The molecule has 6 nitrogen and oxygen atoms in total. The summed E-state index contributed by atoms with van der Waals surface area (Å²) in [6.45, 7) is 0.590. The molecule has 0 aromatic heterocycles. The van der Waals surface area contributed by atoms with Gasteiger partial charge in [-0.2, -0.15) is 18.3 Å². The predicted molar refractivity (Wildman–Crippen MR) is 98.4 cm³/mol. The second-order valence-corrected chi connectivity index (χ2v) is 7.83. The van der Waals surface area contributed by atoms with Gasteiger partial charge in [0.05, 0.1) is 12.1 Å². The second-order valence-electron chi connectivity index (χ2n) is 5.76. The van der Waals surface area contributed by atoms with Crippen LogP contribution in [0.25, 0.3) is 5.73 Å². The number of amides is 2. The van der Waals surface area contributed by atoms with Gasteiger partial charge < -0.3 is 21.5 Å². The van der Waals surface area contributed by atoms with Crippen LogP contribution in [0.15, 0.2) is 0 Å². The van der Waals surface area contributed by atoms with Crippen molar-refractivity contribution in [2.24, 2.45) is 0 Å². The first-order valence-electron chi connectivity index (χ1n) is 8.19. The highest BCUT2D eigenvalue weighted by molar-refractivity contribution is 9.09. The zero-order chi connectivity index (χ0) is 17.1. The van der Waals surface area contributed by atoms with Gasteiger partial charge in [0.15, 0.2) is 0 Å². The van der Waals surface area contributed by atoms with E-state index >= 15 is 0 Å². The standard InChI is InChI=1S/C10H16N2O3S.C5H11BrN/c13-8(14)4-2-1-3-7-9-6(5-16-7)11-10(15)12-9;6-4-2-1-3-5-7/h6-7,9H,1-5H2,(H,13,14)(H2,11,12,15);7H,1-5H2/q;-1. The zero-order valence-corrected chi connectivity index (χ0v) is 15.8. The summed E-state index contributed by atoms with van der Waals surface area (Å²) in [6.07, 6.45) is 6.37. The number of hydrogen-bond acceptors (Lipinski definition) is 3. The SMILES string of the molecule is O=C(O)CCCCC1SCC2NC(=O)NC21.[NH-]CCCCCBr. The van der Waals surface area contributed by atoms with Gasteiger partial charge in [-0.25, -0.2) is 4.79 Å². The zero-order valence-electron chi connectivity index (χ0n) is 13.4. The third-order valence-corrected chi connectivity index (χ3v) is 5.95. The van der Waals surface area contributed by atoms with Gasteiger partial charge in [-0.1, -0.05) is 35.2 Å². The second kappa shape index (κ2) is 12.0. The molecule has 0 aromatic rings. The Bertz CT molecular complexity index is 370. The van der Waals surface area contributed by atoms with Crippen LogP contribution in [0.1, 0.15) is 44.9 Å². The quantitative estimate of drug-likeness (QED) is 0.309. The Hall–Kier alpha value is -0.470. The molecule has 3 unspecified atom stereocenters. The minimum absolute atomic E-state index is 0.0640. The monoisotopic (exact) mass is 408 g/mol. The summed E-state index contributed by atoms with van der Waals surface area (Å²) in [5.41, 5.74) is 6.77. The molecule has 0 bridgehead atoms. The Kier molecular flexibility index (Phi) is 10.7. The molecule has 4 N–H and O–H groups in total. The number of thioether (sulfide) groups is 1. The number of unbranched alkanes of at least 4 members (excludes halogenated alkanes) is 3. The number of rotatable bonds is 9. The minimum Gasteiger partial charge on any atom is -0.677 e. The largest absolute Gasteiger partial charge is 0.677 e.